The molecule has 33 heavy (non-hydrogen) atoms. The second-order valence-electron chi connectivity index (χ2n) is 8.05. The van der Waals surface area contributed by atoms with E-state index < -0.39 is 41.5 Å². The van der Waals surface area contributed by atoms with E-state index in [-0.39, 0.29) is 29.2 Å². The molecule has 0 saturated heterocycles. The summed E-state index contributed by atoms with van der Waals surface area (Å²) in [5.41, 5.74) is -0.717. The molecule has 1 aliphatic heterocycles. The monoisotopic (exact) mass is 466 g/mol. The summed E-state index contributed by atoms with van der Waals surface area (Å²) in [6, 6.07) is 1.28. The highest BCUT2D eigenvalue weighted by molar-refractivity contribution is 6.02. The molecule has 2 heterocycles. The molecule has 1 aromatic heterocycles. The van der Waals surface area contributed by atoms with Gasteiger partial charge in [-0.3, -0.25) is 9.59 Å². The third-order valence-corrected chi connectivity index (χ3v) is 5.91. The summed E-state index contributed by atoms with van der Waals surface area (Å²) in [6.07, 6.45) is 4.26. The van der Waals surface area contributed by atoms with Gasteiger partial charge in [0.1, 0.15) is 17.3 Å². The summed E-state index contributed by atoms with van der Waals surface area (Å²) in [5.74, 6) is -7.75. The maximum atomic E-state index is 14.6. The van der Waals surface area contributed by atoms with Gasteiger partial charge in [0.2, 0.25) is 5.95 Å². The molecule has 1 saturated carbocycles. The number of aromatic nitrogens is 2. The number of amides is 2. The van der Waals surface area contributed by atoms with Gasteiger partial charge in [-0.15, -0.1) is 0 Å². The molecule has 0 spiro atoms. The Bertz CT molecular complexity index is 1110. The molecule has 2 N–H and O–H groups in total. The quantitative estimate of drug-likeness (QED) is 0.673. The molecule has 2 aromatic rings. The van der Waals surface area contributed by atoms with Crippen LogP contribution in [0.3, 0.4) is 0 Å². The van der Waals surface area contributed by atoms with Crippen LogP contribution < -0.4 is 20.4 Å². The maximum absolute atomic E-state index is 14.6. The number of halogens is 4. The van der Waals surface area contributed by atoms with E-state index in [4.69, 9.17) is 0 Å². The van der Waals surface area contributed by atoms with Crippen LogP contribution >= 0.6 is 0 Å². The fourth-order valence-corrected chi connectivity index (χ4v) is 4.18. The number of hydrogen-bond donors (Lipinski definition) is 2. The van der Waals surface area contributed by atoms with E-state index in [2.05, 4.69) is 20.6 Å². The molecule has 0 atom stereocenters. The zero-order chi connectivity index (χ0) is 23.9. The fourth-order valence-electron chi connectivity index (χ4n) is 4.18. The number of benzene rings is 1. The summed E-state index contributed by atoms with van der Waals surface area (Å²) in [7, 11) is 2.51. The summed E-state index contributed by atoms with van der Waals surface area (Å²) in [4.78, 5) is 34.5. The van der Waals surface area contributed by atoms with E-state index in [0.29, 0.717) is 12.8 Å². The Labute approximate surface area is 187 Å². The predicted molar refractivity (Wildman–Crippen MR) is 113 cm³/mol. The fraction of sp³-hybridized carbons (Fsp3) is 0.429. The van der Waals surface area contributed by atoms with Gasteiger partial charge in [0.25, 0.3) is 11.8 Å². The molecule has 0 bridgehead atoms. The molecule has 8 nitrogen and oxygen atoms in total. The van der Waals surface area contributed by atoms with Gasteiger partial charge in [0, 0.05) is 26.2 Å². The topological polar surface area (TPSA) is 90.5 Å². The minimum Gasteiger partial charge on any atom is -0.355 e. The van der Waals surface area contributed by atoms with Crippen LogP contribution in [0, 0.1) is 11.6 Å². The lowest BCUT2D eigenvalue weighted by Crippen LogP contribution is -2.48. The van der Waals surface area contributed by atoms with E-state index in [1.165, 1.54) is 25.2 Å². The van der Waals surface area contributed by atoms with Crippen molar-refractivity contribution in [3.05, 3.63) is 35.5 Å². The van der Waals surface area contributed by atoms with Crippen LogP contribution in [0.5, 0.6) is 0 Å². The van der Waals surface area contributed by atoms with Crippen LogP contribution in [0.15, 0.2) is 18.3 Å². The Hall–Kier alpha value is -3.44. The van der Waals surface area contributed by atoms with Crippen LogP contribution in [0.4, 0.5) is 40.7 Å². The number of carbonyl (C=O) groups excluding carboxylic acids is 2. The van der Waals surface area contributed by atoms with Gasteiger partial charge in [-0.05, 0) is 18.9 Å². The lowest BCUT2D eigenvalue weighted by molar-refractivity contribution is -0.140. The zero-order valence-electron chi connectivity index (χ0n) is 18.0. The largest absolute Gasteiger partial charge is 0.355 e. The summed E-state index contributed by atoms with van der Waals surface area (Å²) >= 11 is 0. The van der Waals surface area contributed by atoms with Crippen molar-refractivity contribution in [2.45, 2.75) is 37.6 Å². The highest BCUT2D eigenvalue weighted by Crippen LogP contribution is 2.39. The first-order chi connectivity index (χ1) is 15.6. The Morgan fingerprint density at radius 3 is 2.55 bits per heavy atom. The van der Waals surface area contributed by atoms with Crippen molar-refractivity contribution in [3.63, 3.8) is 0 Å². The predicted octanol–water partition coefficient (Wildman–Crippen LogP) is 3.22. The van der Waals surface area contributed by atoms with Crippen LogP contribution in [-0.2, 0) is 4.79 Å². The molecule has 12 heteroatoms. The molecular formula is C21H22F4N6O2. The highest BCUT2D eigenvalue weighted by Gasteiger charge is 2.48. The lowest BCUT2D eigenvalue weighted by atomic mass is 10.1. The van der Waals surface area contributed by atoms with Crippen molar-refractivity contribution >= 4 is 35.0 Å². The van der Waals surface area contributed by atoms with E-state index >= 15 is 0 Å². The third kappa shape index (κ3) is 4.16. The van der Waals surface area contributed by atoms with E-state index in [1.807, 2.05) is 0 Å². The molecule has 176 valence electrons. The summed E-state index contributed by atoms with van der Waals surface area (Å²) < 4.78 is 58.1. The van der Waals surface area contributed by atoms with Crippen molar-refractivity contribution < 1.29 is 27.2 Å². The SMILES string of the molecule is CNC(=O)c1cc(F)c(Nc2ncc3c(n2)N(C2CCCC2)CC(F)(F)C(=O)N3C)cc1F. The molecule has 0 radical (unpaired) electrons. The summed E-state index contributed by atoms with van der Waals surface area (Å²) in [5, 5.41) is 4.75. The standard InChI is InChI=1S/C21H22F4N6O2/c1-26-18(32)12-7-14(23)15(8-13(12)22)28-20-27-9-16-17(29-20)31(11-5-3-4-6-11)10-21(24,25)19(33)30(16)2/h7-9,11H,3-6,10H2,1-2H3,(H,26,32)(H,27,28,29). The second kappa shape index (κ2) is 8.49. The Kier molecular flexibility index (Phi) is 5.85. The number of rotatable bonds is 4. The molecule has 1 aromatic carbocycles. The average Bonchev–Trinajstić information content (AvgIpc) is 3.30. The molecule has 1 aliphatic carbocycles. The van der Waals surface area contributed by atoms with Gasteiger partial charge >= 0.3 is 5.92 Å². The second-order valence-corrected chi connectivity index (χ2v) is 8.05. The Balaban J connectivity index is 1.73. The molecule has 2 amide bonds. The van der Waals surface area contributed by atoms with Crippen LogP contribution in [0.1, 0.15) is 36.0 Å². The number of carbonyl (C=O) groups is 2. The first kappa shape index (κ1) is 22.7. The highest BCUT2D eigenvalue weighted by atomic mass is 19.3. The van der Waals surface area contributed by atoms with Gasteiger partial charge < -0.3 is 20.4 Å². The number of nitrogens with one attached hydrogen (secondary N) is 2. The van der Waals surface area contributed by atoms with Gasteiger partial charge in [-0.1, -0.05) is 12.8 Å². The number of anilines is 4. The third-order valence-electron chi connectivity index (χ3n) is 5.91. The molecule has 2 aliphatic rings. The van der Waals surface area contributed by atoms with Crippen molar-refractivity contribution in [2.75, 3.05) is 35.8 Å². The molecule has 1 fully saturated rings. The van der Waals surface area contributed by atoms with Crippen molar-refractivity contribution in [3.8, 4) is 0 Å². The normalized spacial score (nSPS) is 18.2. The number of hydrogen-bond acceptors (Lipinski definition) is 6. The first-order valence-electron chi connectivity index (χ1n) is 10.4. The number of fused-ring (bicyclic) bond motifs is 1. The van der Waals surface area contributed by atoms with Crippen LogP contribution in [0.2, 0.25) is 0 Å². The van der Waals surface area contributed by atoms with Gasteiger partial charge in [-0.25, -0.2) is 13.8 Å². The van der Waals surface area contributed by atoms with Crippen molar-refractivity contribution in [1.82, 2.24) is 15.3 Å². The zero-order valence-corrected chi connectivity index (χ0v) is 18.0. The maximum Gasteiger partial charge on any atom is 0.342 e. The van der Waals surface area contributed by atoms with E-state index in [1.54, 1.807) is 0 Å². The van der Waals surface area contributed by atoms with Crippen LogP contribution in [0.25, 0.3) is 0 Å². The molecule has 0 unspecified atom stereocenters. The first-order valence-corrected chi connectivity index (χ1v) is 10.4. The smallest absolute Gasteiger partial charge is 0.342 e. The number of alkyl halides is 2. The Morgan fingerprint density at radius 1 is 1.18 bits per heavy atom. The molecule has 4 rings (SSSR count). The number of nitrogens with zero attached hydrogens (tertiary/aromatic N) is 4. The van der Waals surface area contributed by atoms with Gasteiger partial charge in [-0.2, -0.15) is 13.8 Å². The average molecular weight is 466 g/mol. The Morgan fingerprint density at radius 2 is 1.88 bits per heavy atom. The van der Waals surface area contributed by atoms with Gasteiger partial charge in [0.15, 0.2) is 5.82 Å². The van der Waals surface area contributed by atoms with Crippen molar-refractivity contribution in [1.29, 1.82) is 0 Å². The molecular weight excluding hydrogens is 444 g/mol. The summed E-state index contributed by atoms with van der Waals surface area (Å²) in [6.45, 7) is -0.839. The minimum absolute atomic E-state index is 0.0937. The van der Waals surface area contributed by atoms with Crippen LogP contribution in [-0.4, -0.2) is 54.4 Å². The van der Waals surface area contributed by atoms with Crippen molar-refractivity contribution in [2.24, 2.45) is 0 Å². The minimum atomic E-state index is -3.63. The van der Waals surface area contributed by atoms with E-state index in [9.17, 15) is 27.2 Å². The van der Waals surface area contributed by atoms with E-state index in [0.717, 1.165) is 29.9 Å². The lowest BCUT2D eigenvalue weighted by Gasteiger charge is -2.31. The van der Waals surface area contributed by atoms with Gasteiger partial charge in [0.05, 0.1) is 24.0 Å².